The second-order valence-electron chi connectivity index (χ2n) is 5.15. The molecule has 106 valence electrons. The highest BCUT2D eigenvalue weighted by Gasteiger charge is 2.21. The molecule has 3 rings (SSSR count). The number of para-hydroxylation sites is 1. The average molecular weight is 273 g/mol. The molecule has 6 heteroatoms. The lowest BCUT2D eigenvalue weighted by Crippen LogP contribution is -2.35. The maximum Gasteiger partial charge on any atom is 0.239 e. The monoisotopic (exact) mass is 273 g/mol. The number of rotatable bonds is 3. The number of nitrogens with one attached hydrogen (secondary N) is 1. The molecule has 4 N–H and O–H groups in total. The topological polar surface area (TPSA) is 87.3 Å². The highest BCUT2D eigenvalue weighted by molar-refractivity contribution is 5.90. The molecule has 0 radical (unpaired) electrons. The van der Waals surface area contributed by atoms with E-state index >= 15 is 0 Å². The van der Waals surface area contributed by atoms with Gasteiger partial charge in [0.25, 0.3) is 0 Å². The molecule has 1 aliphatic heterocycles. The molecule has 0 atom stereocenters. The normalized spacial score (nSPS) is 16.6. The van der Waals surface area contributed by atoms with Crippen LogP contribution in [0.25, 0.3) is 10.9 Å². The lowest BCUT2D eigenvalue weighted by atomic mass is 9.98. The number of hydrogen-bond acceptors (Lipinski definition) is 6. The van der Waals surface area contributed by atoms with Crippen LogP contribution in [-0.4, -0.2) is 34.8 Å². The Bertz CT molecular complexity index is 595. The first kappa shape index (κ1) is 13.1. The molecule has 20 heavy (non-hydrogen) atoms. The quantitative estimate of drug-likeness (QED) is 0.574. The van der Waals surface area contributed by atoms with E-state index in [9.17, 15) is 5.11 Å². The SMILES string of the molecule is NNc1nc(N2CCC(CO)CC2)c2ccccc2n1. The van der Waals surface area contributed by atoms with Crippen molar-refractivity contribution in [1.82, 2.24) is 9.97 Å². The maximum absolute atomic E-state index is 9.23. The predicted octanol–water partition coefficient (Wildman–Crippen LogP) is 1.12. The van der Waals surface area contributed by atoms with Crippen LogP contribution in [0.4, 0.5) is 11.8 Å². The molecule has 1 aromatic heterocycles. The van der Waals surface area contributed by atoms with Gasteiger partial charge in [0.15, 0.2) is 0 Å². The fourth-order valence-electron chi connectivity index (χ4n) is 2.69. The first-order valence-electron chi connectivity index (χ1n) is 6.91. The zero-order valence-electron chi connectivity index (χ0n) is 11.3. The van der Waals surface area contributed by atoms with E-state index in [1.165, 1.54) is 0 Å². The summed E-state index contributed by atoms with van der Waals surface area (Å²) in [5, 5.41) is 10.3. The standard InChI is InChI=1S/C14H19N5O/c15-18-14-16-12-4-2-1-3-11(12)13(17-14)19-7-5-10(9-20)6-8-19/h1-4,10,20H,5-9,15H2,(H,16,17,18). The van der Waals surface area contributed by atoms with E-state index in [1.54, 1.807) is 0 Å². The number of nitrogens with zero attached hydrogens (tertiary/aromatic N) is 3. The molecule has 1 fully saturated rings. The summed E-state index contributed by atoms with van der Waals surface area (Å²) < 4.78 is 0. The highest BCUT2D eigenvalue weighted by atomic mass is 16.3. The van der Waals surface area contributed by atoms with Crippen molar-refractivity contribution >= 4 is 22.7 Å². The number of aliphatic hydroxyl groups is 1. The Morgan fingerprint density at radius 1 is 1.25 bits per heavy atom. The molecular weight excluding hydrogens is 254 g/mol. The van der Waals surface area contributed by atoms with Gasteiger partial charge in [-0.05, 0) is 30.9 Å². The van der Waals surface area contributed by atoms with Crippen LogP contribution in [-0.2, 0) is 0 Å². The minimum atomic E-state index is 0.272. The minimum Gasteiger partial charge on any atom is -0.396 e. The van der Waals surface area contributed by atoms with E-state index in [0.717, 1.165) is 42.7 Å². The number of aliphatic hydroxyl groups excluding tert-OH is 1. The van der Waals surface area contributed by atoms with Crippen molar-refractivity contribution in [2.24, 2.45) is 11.8 Å². The summed E-state index contributed by atoms with van der Waals surface area (Å²) in [6.07, 6.45) is 1.97. The highest BCUT2D eigenvalue weighted by Crippen LogP contribution is 2.28. The molecule has 0 unspecified atom stereocenters. The van der Waals surface area contributed by atoms with Gasteiger partial charge in [0, 0.05) is 25.1 Å². The molecule has 0 saturated carbocycles. The van der Waals surface area contributed by atoms with E-state index in [-0.39, 0.29) is 6.61 Å². The molecule has 1 aliphatic rings. The minimum absolute atomic E-state index is 0.272. The summed E-state index contributed by atoms with van der Waals surface area (Å²) in [4.78, 5) is 11.1. The second-order valence-corrected chi connectivity index (χ2v) is 5.15. The Labute approximate surface area is 117 Å². The second kappa shape index (κ2) is 5.60. The van der Waals surface area contributed by atoms with E-state index < -0.39 is 0 Å². The summed E-state index contributed by atoms with van der Waals surface area (Å²) >= 11 is 0. The van der Waals surface area contributed by atoms with Crippen molar-refractivity contribution in [3.05, 3.63) is 24.3 Å². The zero-order chi connectivity index (χ0) is 13.9. The van der Waals surface area contributed by atoms with Crippen LogP contribution in [0.15, 0.2) is 24.3 Å². The number of fused-ring (bicyclic) bond motifs is 1. The van der Waals surface area contributed by atoms with Crippen molar-refractivity contribution in [3.63, 3.8) is 0 Å². The molecule has 0 aliphatic carbocycles. The number of benzene rings is 1. The third kappa shape index (κ3) is 2.39. The first-order valence-corrected chi connectivity index (χ1v) is 6.91. The number of nitrogen functional groups attached to an aromatic ring is 1. The van der Waals surface area contributed by atoms with Crippen molar-refractivity contribution in [2.75, 3.05) is 30.0 Å². The third-order valence-electron chi connectivity index (χ3n) is 3.88. The van der Waals surface area contributed by atoms with Gasteiger partial charge in [-0.3, -0.25) is 5.43 Å². The number of aromatic nitrogens is 2. The first-order chi connectivity index (χ1) is 9.81. The summed E-state index contributed by atoms with van der Waals surface area (Å²) in [5.41, 5.74) is 3.41. The fraction of sp³-hybridized carbons (Fsp3) is 0.429. The lowest BCUT2D eigenvalue weighted by Gasteiger charge is -2.32. The van der Waals surface area contributed by atoms with Gasteiger partial charge < -0.3 is 10.0 Å². The molecule has 1 aromatic carbocycles. The van der Waals surface area contributed by atoms with Crippen molar-refractivity contribution in [1.29, 1.82) is 0 Å². The number of nitrogens with two attached hydrogens (primary N) is 1. The maximum atomic E-state index is 9.23. The van der Waals surface area contributed by atoms with Gasteiger partial charge in [-0.1, -0.05) is 12.1 Å². The van der Waals surface area contributed by atoms with Crippen LogP contribution in [0.3, 0.4) is 0 Å². The lowest BCUT2D eigenvalue weighted by molar-refractivity contribution is 0.203. The molecular formula is C14H19N5O. The van der Waals surface area contributed by atoms with Crippen molar-refractivity contribution < 1.29 is 5.11 Å². The molecule has 0 bridgehead atoms. The Morgan fingerprint density at radius 3 is 2.70 bits per heavy atom. The molecule has 1 saturated heterocycles. The fourth-order valence-corrected chi connectivity index (χ4v) is 2.69. The van der Waals surface area contributed by atoms with Crippen LogP contribution < -0.4 is 16.2 Å². The van der Waals surface area contributed by atoms with Gasteiger partial charge >= 0.3 is 0 Å². The number of hydrazine groups is 1. The van der Waals surface area contributed by atoms with Gasteiger partial charge in [0.1, 0.15) is 5.82 Å². The Balaban J connectivity index is 1.98. The van der Waals surface area contributed by atoms with E-state index in [4.69, 9.17) is 5.84 Å². The summed E-state index contributed by atoms with van der Waals surface area (Å²) in [6, 6.07) is 7.94. The van der Waals surface area contributed by atoms with Gasteiger partial charge in [-0.15, -0.1) is 0 Å². The van der Waals surface area contributed by atoms with E-state index in [2.05, 4.69) is 20.3 Å². The van der Waals surface area contributed by atoms with Gasteiger partial charge in [-0.2, -0.15) is 4.98 Å². The molecule has 6 nitrogen and oxygen atoms in total. The van der Waals surface area contributed by atoms with Crippen LogP contribution in [0.1, 0.15) is 12.8 Å². The van der Waals surface area contributed by atoms with Gasteiger partial charge in [0.05, 0.1) is 5.52 Å². The average Bonchev–Trinajstić information content (AvgIpc) is 2.54. The van der Waals surface area contributed by atoms with Gasteiger partial charge in [0.2, 0.25) is 5.95 Å². The predicted molar refractivity (Wildman–Crippen MR) is 79.4 cm³/mol. The summed E-state index contributed by atoms with van der Waals surface area (Å²) in [5.74, 6) is 7.21. The Morgan fingerprint density at radius 2 is 2.00 bits per heavy atom. The third-order valence-corrected chi connectivity index (χ3v) is 3.88. The summed E-state index contributed by atoms with van der Waals surface area (Å²) in [7, 11) is 0. The summed E-state index contributed by atoms with van der Waals surface area (Å²) in [6.45, 7) is 2.07. The van der Waals surface area contributed by atoms with E-state index in [0.29, 0.717) is 11.9 Å². The Kier molecular flexibility index (Phi) is 3.66. The number of hydrogen-bond donors (Lipinski definition) is 3. The van der Waals surface area contributed by atoms with Crippen LogP contribution >= 0.6 is 0 Å². The van der Waals surface area contributed by atoms with E-state index in [1.807, 2.05) is 24.3 Å². The largest absolute Gasteiger partial charge is 0.396 e. The number of anilines is 2. The smallest absolute Gasteiger partial charge is 0.239 e. The molecule has 2 heterocycles. The van der Waals surface area contributed by atoms with Crippen LogP contribution in [0.2, 0.25) is 0 Å². The Hall–Kier alpha value is -1.92. The van der Waals surface area contributed by atoms with Gasteiger partial charge in [-0.25, -0.2) is 10.8 Å². The van der Waals surface area contributed by atoms with Crippen molar-refractivity contribution in [3.8, 4) is 0 Å². The van der Waals surface area contributed by atoms with Crippen LogP contribution in [0.5, 0.6) is 0 Å². The number of piperidine rings is 1. The van der Waals surface area contributed by atoms with Crippen LogP contribution in [0, 0.1) is 5.92 Å². The molecule has 0 spiro atoms. The molecule has 2 aromatic rings. The van der Waals surface area contributed by atoms with Crippen molar-refractivity contribution in [2.45, 2.75) is 12.8 Å². The molecule has 0 amide bonds. The zero-order valence-corrected chi connectivity index (χ0v) is 11.3.